The minimum Gasteiger partial charge on any atom is -0.328 e. The van der Waals surface area contributed by atoms with Gasteiger partial charge in [-0.1, -0.05) is 34.6 Å². The van der Waals surface area contributed by atoms with Gasteiger partial charge in [0.05, 0.1) is 0 Å². The summed E-state index contributed by atoms with van der Waals surface area (Å²) in [4.78, 5) is 0. The quantitative estimate of drug-likeness (QED) is 0.722. The van der Waals surface area contributed by atoms with Crippen LogP contribution in [-0.4, -0.2) is 19.6 Å². The van der Waals surface area contributed by atoms with E-state index >= 15 is 0 Å². The molecule has 90 valence electrons. The van der Waals surface area contributed by atoms with Crippen molar-refractivity contribution in [2.75, 3.05) is 13.6 Å². The molecule has 2 atom stereocenters. The van der Waals surface area contributed by atoms with Crippen molar-refractivity contribution in [3.8, 4) is 0 Å². The second-order valence-corrected chi connectivity index (χ2v) is 3.22. The lowest BCUT2D eigenvalue weighted by Gasteiger charge is -2.11. The van der Waals surface area contributed by atoms with Crippen molar-refractivity contribution in [3.05, 3.63) is 0 Å². The summed E-state index contributed by atoms with van der Waals surface area (Å²) in [6.07, 6.45) is 2.38. The summed E-state index contributed by atoms with van der Waals surface area (Å²) < 4.78 is 0. The Kier molecular flexibility index (Phi) is 26.0. The van der Waals surface area contributed by atoms with Crippen LogP contribution in [0.5, 0.6) is 0 Å². The molecule has 0 aromatic rings. The van der Waals surface area contributed by atoms with Crippen LogP contribution in [0.25, 0.3) is 0 Å². The van der Waals surface area contributed by atoms with Crippen LogP contribution < -0.4 is 11.1 Å². The first kappa shape index (κ1) is 19.5. The molecule has 0 aliphatic carbocycles. The highest BCUT2D eigenvalue weighted by atomic mass is 14.8. The summed E-state index contributed by atoms with van der Waals surface area (Å²) in [5, 5.41) is 3.15. The van der Waals surface area contributed by atoms with Gasteiger partial charge < -0.3 is 11.1 Å². The van der Waals surface area contributed by atoms with Gasteiger partial charge in [-0.3, -0.25) is 0 Å². The van der Waals surface area contributed by atoms with Crippen LogP contribution in [0.4, 0.5) is 0 Å². The predicted octanol–water partition coefficient (Wildman–Crippen LogP) is 3.02. The summed E-state index contributed by atoms with van der Waals surface area (Å²) in [5.74, 6) is 0.760. The maximum atomic E-state index is 5.62. The van der Waals surface area contributed by atoms with Crippen LogP contribution in [0.2, 0.25) is 0 Å². The Hall–Kier alpha value is -0.0800. The molecule has 0 rings (SSSR count). The lowest BCUT2D eigenvalue weighted by atomic mass is 10.0. The van der Waals surface area contributed by atoms with E-state index in [-0.39, 0.29) is 0 Å². The summed E-state index contributed by atoms with van der Waals surface area (Å²) >= 11 is 0. The van der Waals surface area contributed by atoms with Crippen LogP contribution in [0.1, 0.15) is 54.4 Å². The SMILES string of the molecule is CC.CC.CNCC(C)CCC(C)N. The molecule has 0 saturated heterocycles. The van der Waals surface area contributed by atoms with Gasteiger partial charge >= 0.3 is 0 Å². The fourth-order valence-corrected chi connectivity index (χ4v) is 0.998. The Labute approximate surface area is 91.7 Å². The van der Waals surface area contributed by atoms with Gasteiger partial charge in [-0.05, 0) is 39.3 Å². The van der Waals surface area contributed by atoms with Crippen LogP contribution in [0.15, 0.2) is 0 Å². The first-order chi connectivity index (χ1) is 6.66. The standard InChI is InChI=1S/C8H20N2.2C2H6/c1-7(6-10-3)4-5-8(2)9;2*1-2/h7-8,10H,4-6,9H2,1-3H3;2*1-2H3. The van der Waals surface area contributed by atoms with Crippen molar-refractivity contribution in [1.82, 2.24) is 5.32 Å². The van der Waals surface area contributed by atoms with Gasteiger partial charge in [0.1, 0.15) is 0 Å². The van der Waals surface area contributed by atoms with Gasteiger partial charge in [0.2, 0.25) is 0 Å². The molecular weight excluding hydrogens is 172 g/mol. The Bertz CT molecular complexity index is 72.7. The molecule has 3 N–H and O–H groups in total. The third-order valence-corrected chi connectivity index (χ3v) is 1.67. The zero-order valence-electron chi connectivity index (χ0n) is 11.4. The topological polar surface area (TPSA) is 38.0 Å². The fourth-order valence-electron chi connectivity index (χ4n) is 0.998. The van der Waals surface area contributed by atoms with Crippen molar-refractivity contribution in [2.24, 2.45) is 11.7 Å². The van der Waals surface area contributed by atoms with E-state index in [1.807, 2.05) is 34.7 Å². The summed E-state index contributed by atoms with van der Waals surface area (Å²) in [7, 11) is 1.99. The van der Waals surface area contributed by atoms with Gasteiger partial charge in [0, 0.05) is 6.04 Å². The second kappa shape index (κ2) is 18.7. The smallest absolute Gasteiger partial charge is 0.00105 e. The first-order valence-corrected chi connectivity index (χ1v) is 6.07. The third-order valence-electron chi connectivity index (χ3n) is 1.67. The average molecular weight is 204 g/mol. The molecule has 2 heteroatoms. The van der Waals surface area contributed by atoms with E-state index in [0.717, 1.165) is 18.9 Å². The van der Waals surface area contributed by atoms with E-state index in [9.17, 15) is 0 Å². The molecule has 0 aliphatic rings. The molecule has 0 heterocycles. The molecule has 0 amide bonds. The van der Waals surface area contributed by atoms with Crippen LogP contribution in [0.3, 0.4) is 0 Å². The van der Waals surface area contributed by atoms with Crippen molar-refractivity contribution in [2.45, 2.75) is 60.4 Å². The normalized spacial score (nSPS) is 12.9. The lowest BCUT2D eigenvalue weighted by molar-refractivity contribution is 0.463. The van der Waals surface area contributed by atoms with Crippen molar-refractivity contribution in [3.63, 3.8) is 0 Å². The Morgan fingerprint density at radius 3 is 1.71 bits per heavy atom. The van der Waals surface area contributed by atoms with Gasteiger partial charge in [-0.15, -0.1) is 0 Å². The Morgan fingerprint density at radius 1 is 1.00 bits per heavy atom. The monoisotopic (exact) mass is 204 g/mol. The molecule has 0 radical (unpaired) electrons. The van der Waals surface area contributed by atoms with Crippen molar-refractivity contribution >= 4 is 0 Å². The summed E-state index contributed by atoms with van der Waals surface area (Å²) in [6, 6.07) is 0.360. The highest BCUT2D eigenvalue weighted by Crippen LogP contribution is 2.04. The molecule has 2 nitrogen and oxygen atoms in total. The first-order valence-electron chi connectivity index (χ1n) is 6.07. The minimum absolute atomic E-state index is 0.360. The maximum absolute atomic E-state index is 5.62. The van der Waals surface area contributed by atoms with E-state index in [1.165, 1.54) is 6.42 Å². The number of rotatable bonds is 5. The molecule has 0 aromatic carbocycles. The Morgan fingerprint density at radius 2 is 1.43 bits per heavy atom. The number of nitrogens with two attached hydrogens (primary N) is 1. The zero-order valence-corrected chi connectivity index (χ0v) is 11.4. The molecular formula is C12H32N2. The second-order valence-electron chi connectivity index (χ2n) is 3.22. The maximum Gasteiger partial charge on any atom is 0.00105 e. The number of hydrogen-bond acceptors (Lipinski definition) is 2. The van der Waals surface area contributed by atoms with Gasteiger partial charge in [0.25, 0.3) is 0 Å². The molecule has 2 unspecified atom stereocenters. The van der Waals surface area contributed by atoms with E-state index in [2.05, 4.69) is 19.2 Å². The van der Waals surface area contributed by atoms with Gasteiger partial charge in [-0.25, -0.2) is 0 Å². The summed E-state index contributed by atoms with van der Waals surface area (Å²) in [5.41, 5.74) is 5.62. The van der Waals surface area contributed by atoms with Crippen LogP contribution >= 0.6 is 0 Å². The van der Waals surface area contributed by atoms with Crippen molar-refractivity contribution in [1.29, 1.82) is 0 Å². The molecule has 14 heavy (non-hydrogen) atoms. The van der Waals surface area contributed by atoms with E-state index in [0.29, 0.717) is 6.04 Å². The van der Waals surface area contributed by atoms with E-state index in [1.54, 1.807) is 0 Å². The highest BCUT2D eigenvalue weighted by Gasteiger charge is 2.01. The van der Waals surface area contributed by atoms with Gasteiger partial charge in [0.15, 0.2) is 0 Å². The molecule has 0 saturated carbocycles. The third kappa shape index (κ3) is 22.7. The highest BCUT2D eigenvalue weighted by molar-refractivity contribution is 4.59. The molecule has 0 aliphatic heterocycles. The fraction of sp³-hybridized carbons (Fsp3) is 1.00. The molecule has 0 aromatic heterocycles. The molecule has 0 fully saturated rings. The van der Waals surface area contributed by atoms with Crippen molar-refractivity contribution < 1.29 is 0 Å². The molecule has 0 bridgehead atoms. The van der Waals surface area contributed by atoms with E-state index in [4.69, 9.17) is 5.73 Å². The van der Waals surface area contributed by atoms with Crippen LogP contribution in [0, 0.1) is 5.92 Å². The average Bonchev–Trinajstić information content (AvgIpc) is 2.21. The summed E-state index contributed by atoms with van der Waals surface area (Å²) in [6.45, 7) is 13.4. The predicted molar refractivity (Wildman–Crippen MR) is 68.7 cm³/mol. The minimum atomic E-state index is 0.360. The number of nitrogens with one attached hydrogen (secondary N) is 1. The number of hydrogen-bond donors (Lipinski definition) is 2. The van der Waals surface area contributed by atoms with Crippen LogP contribution in [-0.2, 0) is 0 Å². The Balaban J connectivity index is -0.000000266. The largest absolute Gasteiger partial charge is 0.328 e. The zero-order chi connectivity index (χ0) is 12.0. The lowest BCUT2D eigenvalue weighted by Crippen LogP contribution is -2.20. The van der Waals surface area contributed by atoms with Gasteiger partial charge in [-0.2, -0.15) is 0 Å². The molecule has 0 spiro atoms. The van der Waals surface area contributed by atoms with E-state index < -0.39 is 0 Å².